The minimum Gasteiger partial charge on any atom is -0.497 e. The molecule has 0 aliphatic rings. The lowest BCUT2D eigenvalue weighted by Gasteiger charge is -2.22. The van der Waals surface area contributed by atoms with Crippen molar-refractivity contribution >= 4 is 0 Å². The van der Waals surface area contributed by atoms with Crippen LogP contribution in [0.1, 0.15) is 25.5 Å². The van der Waals surface area contributed by atoms with Gasteiger partial charge >= 0.3 is 0 Å². The van der Waals surface area contributed by atoms with E-state index in [1.165, 1.54) is 0 Å². The van der Waals surface area contributed by atoms with Crippen LogP contribution in [0, 0.1) is 0 Å². The Morgan fingerprint density at radius 1 is 1.24 bits per heavy atom. The van der Waals surface area contributed by atoms with Gasteiger partial charge in [0.15, 0.2) is 0 Å². The van der Waals surface area contributed by atoms with E-state index < -0.39 is 0 Å². The van der Waals surface area contributed by atoms with Crippen LogP contribution in [-0.2, 0) is 6.54 Å². The number of ether oxygens (including phenoxy) is 2. The van der Waals surface area contributed by atoms with Crippen molar-refractivity contribution in [1.29, 1.82) is 0 Å². The van der Waals surface area contributed by atoms with Gasteiger partial charge < -0.3 is 14.8 Å². The summed E-state index contributed by atoms with van der Waals surface area (Å²) in [5.41, 5.74) is 1.10. The van der Waals surface area contributed by atoms with Crippen LogP contribution in [0.15, 0.2) is 30.9 Å². The number of hydrogen-bond donors (Lipinski definition) is 1. The van der Waals surface area contributed by atoms with E-state index in [9.17, 15) is 0 Å². The molecule has 0 bridgehead atoms. The van der Waals surface area contributed by atoms with E-state index in [0.717, 1.165) is 23.6 Å². The summed E-state index contributed by atoms with van der Waals surface area (Å²) in [4.78, 5) is 3.95. The van der Waals surface area contributed by atoms with E-state index in [4.69, 9.17) is 9.47 Å². The minimum absolute atomic E-state index is 0.157. The van der Waals surface area contributed by atoms with Gasteiger partial charge in [-0.05, 0) is 19.9 Å². The van der Waals surface area contributed by atoms with Crippen LogP contribution in [0.4, 0.5) is 0 Å². The van der Waals surface area contributed by atoms with E-state index in [-0.39, 0.29) is 12.1 Å². The number of methoxy groups -OCH3 is 2. The summed E-state index contributed by atoms with van der Waals surface area (Å²) in [5, 5.41) is 7.65. The molecular weight excluding hydrogens is 268 g/mol. The fourth-order valence-electron chi connectivity index (χ4n) is 2.35. The zero-order valence-corrected chi connectivity index (χ0v) is 12.9. The van der Waals surface area contributed by atoms with Gasteiger partial charge in [0.1, 0.15) is 24.2 Å². The van der Waals surface area contributed by atoms with E-state index >= 15 is 0 Å². The Labute approximate surface area is 125 Å². The summed E-state index contributed by atoms with van der Waals surface area (Å²) in [7, 11) is 3.32. The lowest BCUT2D eigenvalue weighted by atomic mass is 10.1. The van der Waals surface area contributed by atoms with Crippen molar-refractivity contribution in [2.24, 2.45) is 0 Å². The molecule has 0 saturated carbocycles. The van der Waals surface area contributed by atoms with Gasteiger partial charge in [-0.1, -0.05) is 6.07 Å². The number of benzene rings is 1. The molecule has 6 heteroatoms. The summed E-state index contributed by atoms with van der Waals surface area (Å²) in [6.45, 7) is 5.00. The topological polar surface area (TPSA) is 61.2 Å². The second-order valence-corrected chi connectivity index (χ2v) is 5.01. The van der Waals surface area contributed by atoms with Crippen LogP contribution in [0.2, 0.25) is 0 Å². The van der Waals surface area contributed by atoms with Gasteiger partial charge in [0.2, 0.25) is 0 Å². The van der Waals surface area contributed by atoms with Gasteiger partial charge in [-0.15, -0.1) is 0 Å². The van der Waals surface area contributed by atoms with Crippen molar-refractivity contribution < 1.29 is 9.47 Å². The predicted octanol–water partition coefficient (Wildman–Crippen LogP) is 2.03. The fraction of sp³-hybridized carbons (Fsp3) is 0.467. The highest BCUT2D eigenvalue weighted by Crippen LogP contribution is 2.29. The monoisotopic (exact) mass is 290 g/mol. The van der Waals surface area contributed by atoms with Crippen molar-refractivity contribution in [2.75, 3.05) is 14.2 Å². The number of hydrogen-bond acceptors (Lipinski definition) is 5. The number of nitrogens with zero attached hydrogens (tertiary/aromatic N) is 3. The van der Waals surface area contributed by atoms with E-state index in [1.807, 2.05) is 22.9 Å². The van der Waals surface area contributed by atoms with Crippen molar-refractivity contribution in [3.63, 3.8) is 0 Å². The van der Waals surface area contributed by atoms with Crippen LogP contribution in [0.3, 0.4) is 0 Å². The van der Waals surface area contributed by atoms with Gasteiger partial charge in [0.25, 0.3) is 0 Å². The Morgan fingerprint density at radius 3 is 2.67 bits per heavy atom. The predicted molar refractivity (Wildman–Crippen MR) is 80.6 cm³/mol. The average Bonchev–Trinajstić information content (AvgIpc) is 2.99. The Hall–Kier alpha value is -2.08. The van der Waals surface area contributed by atoms with Gasteiger partial charge in [-0.3, -0.25) is 4.68 Å². The van der Waals surface area contributed by atoms with Crippen molar-refractivity contribution in [1.82, 2.24) is 20.1 Å². The molecule has 0 saturated heterocycles. The summed E-state index contributed by atoms with van der Waals surface area (Å²) < 4.78 is 12.5. The first-order valence-electron chi connectivity index (χ1n) is 6.94. The van der Waals surface area contributed by atoms with Crippen LogP contribution in [0.25, 0.3) is 0 Å². The summed E-state index contributed by atoms with van der Waals surface area (Å²) in [6, 6.07) is 6.28. The highest BCUT2D eigenvalue weighted by Gasteiger charge is 2.15. The summed E-state index contributed by atoms with van der Waals surface area (Å²) in [6.07, 6.45) is 3.26. The Balaban J connectivity index is 2.03. The number of aromatic nitrogens is 3. The third-order valence-electron chi connectivity index (χ3n) is 3.37. The van der Waals surface area contributed by atoms with E-state index in [2.05, 4.69) is 29.2 Å². The number of rotatable bonds is 7. The SMILES string of the molecule is COc1ccc([C@H](C)N[C@H](C)Cn2cncn2)c(OC)c1. The van der Waals surface area contributed by atoms with Crippen molar-refractivity contribution in [3.05, 3.63) is 36.4 Å². The first-order chi connectivity index (χ1) is 10.1. The molecule has 1 heterocycles. The molecule has 1 aromatic carbocycles. The Kier molecular flexibility index (Phi) is 5.16. The van der Waals surface area contributed by atoms with Crippen molar-refractivity contribution in [3.8, 4) is 11.5 Å². The molecule has 2 rings (SSSR count). The second-order valence-electron chi connectivity index (χ2n) is 5.01. The molecular formula is C15H22N4O2. The van der Waals surface area contributed by atoms with Gasteiger partial charge in [-0.2, -0.15) is 5.10 Å². The van der Waals surface area contributed by atoms with E-state index in [1.54, 1.807) is 26.9 Å². The highest BCUT2D eigenvalue weighted by molar-refractivity contribution is 5.42. The molecule has 0 aliphatic heterocycles. The lowest BCUT2D eigenvalue weighted by molar-refractivity contribution is 0.374. The summed E-state index contributed by atoms with van der Waals surface area (Å²) >= 11 is 0. The average molecular weight is 290 g/mol. The third-order valence-corrected chi connectivity index (χ3v) is 3.37. The Morgan fingerprint density at radius 2 is 2.05 bits per heavy atom. The molecule has 0 radical (unpaired) electrons. The van der Waals surface area contributed by atoms with Gasteiger partial charge in [0, 0.05) is 23.7 Å². The molecule has 0 fully saturated rings. The summed E-state index contributed by atoms with van der Waals surface area (Å²) in [5.74, 6) is 1.61. The zero-order valence-electron chi connectivity index (χ0n) is 12.9. The quantitative estimate of drug-likeness (QED) is 0.845. The fourth-order valence-corrected chi connectivity index (χ4v) is 2.35. The molecule has 1 N–H and O–H groups in total. The molecule has 21 heavy (non-hydrogen) atoms. The normalized spacial score (nSPS) is 13.7. The van der Waals surface area contributed by atoms with Crippen LogP contribution in [0.5, 0.6) is 11.5 Å². The largest absolute Gasteiger partial charge is 0.497 e. The smallest absolute Gasteiger partial charge is 0.137 e. The molecule has 0 aliphatic carbocycles. The molecule has 2 aromatic rings. The zero-order chi connectivity index (χ0) is 15.2. The maximum atomic E-state index is 5.45. The molecule has 6 nitrogen and oxygen atoms in total. The minimum atomic E-state index is 0.157. The molecule has 0 unspecified atom stereocenters. The van der Waals surface area contributed by atoms with Crippen LogP contribution < -0.4 is 14.8 Å². The molecule has 1 aromatic heterocycles. The lowest BCUT2D eigenvalue weighted by Crippen LogP contribution is -2.33. The first-order valence-corrected chi connectivity index (χ1v) is 6.94. The third kappa shape index (κ3) is 3.95. The van der Waals surface area contributed by atoms with Crippen molar-refractivity contribution in [2.45, 2.75) is 32.5 Å². The van der Waals surface area contributed by atoms with Crippen LogP contribution in [-0.4, -0.2) is 35.0 Å². The van der Waals surface area contributed by atoms with Gasteiger partial charge in [0.05, 0.1) is 20.8 Å². The molecule has 2 atom stereocenters. The maximum absolute atomic E-state index is 5.45. The second kappa shape index (κ2) is 7.08. The highest BCUT2D eigenvalue weighted by atomic mass is 16.5. The molecule has 0 spiro atoms. The van der Waals surface area contributed by atoms with Gasteiger partial charge in [-0.25, -0.2) is 4.98 Å². The van der Waals surface area contributed by atoms with E-state index in [0.29, 0.717) is 0 Å². The molecule has 0 amide bonds. The number of nitrogens with one attached hydrogen (secondary N) is 1. The first kappa shape index (κ1) is 15.3. The molecule has 114 valence electrons. The Bertz CT molecular complexity index is 557. The maximum Gasteiger partial charge on any atom is 0.137 e. The standard InChI is InChI=1S/C15H22N4O2/c1-11(8-19-10-16-9-17-19)18-12(2)14-6-5-13(20-3)7-15(14)21-4/h5-7,9-12,18H,8H2,1-4H3/t11-,12+/m1/s1. The van der Waals surface area contributed by atoms with Crippen LogP contribution >= 0.6 is 0 Å².